The zero-order valence-electron chi connectivity index (χ0n) is 14.6. The molecule has 126 valence electrons. The molecule has 2 aromatic carbocycles. The minimum absolute atomic E-state index is 0.0869. The summed E-state index contributed by atoms with van der Waals surface area (Å²) in [5.41, 5.74) is 5.21. The summed E-state index contributed by atoms with van der Waals surface area (Å²) >= 11 is 0. The third-order valence-corrected chi connectivity index (χ3v) is 5.00. The predicted octanol–water partition coefficient (Wildman–Crippen LogP) is 3.62. The fourth-order valence-electron chi connectivity index (χ4n) is 3.58. The van der Waals surface area contributed by atoms with Crippen molar-refractivity contribution in [1.29, 1.82) is 0 Å². The lowest BCUT2D eigenvalue weighted by Gasteiger charge is -2.32. The van der Waals surface area contributed by atoms with E-state index in [9.17, 15) is 4.79 Å². The van der Waals surface area contributed by atoms with Crippen molar-refractivity contribution in [3.63, 3.8) is 0 Å². The van der Waals surface area contributed by atoms with Crippen LogP contribution in [0.5, 0.6) is 0 Å². The van der Waals surface area contributed by atoms with Crippen LogP contribution in [0.15, 0.2) is 48.5 Å². The molecule has 3 nitrogen and oxygen atoms in total. The van der Waals surface area contributed by atoms with Gasteiger partial charge in [-0.3, -0.25) is 9.69 Å². The van der Waals surface area contributed by atoms with E-state index in [1.54, 1.807) is 0 Å². The van der Waals surface area contributed by atoms with E-state index < -0.39 is 0 Å². The molecule has 24 heavy (non-hydrogen) atoms. The molecule has 0 aromatic heterocycles. The largest absolute Gasteiger partial charge is 0.351 e. The smallest absolute Gasteiger partial charge is 0.234 e. The number of aryl methyl sites for hydroxylation is 2. The van der Waals surface area contributed by atoms with Gasteiger partial charge in [0.1, 0.15) is 0 Å². The molecule has 1 aliphatic rings. The maximum absolute atomic E-state index is 12.3. The van der Waals surface area contributed by atoms with E-state index in [0.29, 0.717) is 19.1 Å². The number of rotatable bonds is 5. The molecule has 0 saturated carbocycles. The molecule has 0 aliphatic heterocycles. The van der Waals surface area contributed by atoms with Gasteiger partial charge in [-0.2, -0.15) is 0 Å². The number of nitrogens with one attached hydrogen (secondary N) is 1. The third kappa shape index (κ3) is 3.85. The predicted molar refractivity (Wildman–Crippen MR) is 97.8 cm³/mol. The molecular formula is C21H26N2O. The van der Waals surface area contributed by atoms with Gasteiger partial charge in [0.25, 0.3) is 0 Å². The Morgan fingerprint density at radius 2 is 1.92 bits per heavy atom. The van der Waals surface area contributed by atoms with Crippen LogP contribution in [0.3, 0.4) is 0 Å². The lowest BCUT2D eigenvalue weighted by molar-refractivity contribution is -0.122. The first-order valence-electron chi connectivity index (χ1n) is 8.74. The van der Waals surface area contributed by atoms with E-state index in [1.807, 2.05) is 12.1 Å². The average molecular weight is 322 g/mol. The monoisotopic (exact) mass is 322 g/mol. The highest BCUT2D eigenvalue weighted by molar-refractivity contribution is 5.78. The van der Waals surface area contributed by atoms with E-state index in [1.165, 1.54) is 28.7 Å². The molecule has 1 N–H and O–H groups in total. The molecule has 2 aromatic rings. The van der Waals surface area contributed by atoms with Gasteiger partial charge in [-0.1, -0.05) is 48.5 Å². The van der Waals surface area contributed by atoms with Crippen molar-refractivity contribution in [2.24, 2.45) is 0 Å². The number of carbonyl (C=O) groups excluding carboxylic acids is 1. The van der Waals surface area contributed by atoms with Crippen LogP contribution in [0.4, 0.5) is 0 Å². The highest BCUT2D eigenvalue weighted by Crippen LogP contribution is 2.33. The van der Waals surface area contributed by atoms with Crippen LogP contribution in [0.1, 0.15) is 41.1 Å². The van der Waals surface area contributed by atoms with Crippen molar-refractivity contribution in [1.82, 2.24) is 10.2 Å². The van der Waals surface area contributed by atoms with E-state index in [-0.39, 0.29) is 5.91 Å². The molecule has 3 rings (SSSR count). The van der Waals surface area contributed by atoms with Gasteiger partial charge in [0.05, 0.1) is 6.54 Å². The molecule has 0 bridgehead atoms. The van der Waals surface area contributed by atoms with Crippen LogP contribution in [0.25, 0.3) is 0 Å². The van der Waals surface area contributed by atoms with Gasteiger partial charge in [0.2, 0.25) is 5.91 Å². The van der Waals surface area contributed by atoms with Crippen molar-refractivity contribution in [3.05, 3.63) is 70.8 Å². The summed E-state index contributed by atoms with van der Waals surface area (Å²) in [6.07, 6.45) is 3.47. The molecule has 0 radical (unpaired) electrons. The highest BCUT2D eigenvalue weighted by Gasteiger charge is 2.24. The Kier molecular flexibility index (Phi) is 5.31. The van der Waals surface area contributed by atoms with E-state index in [0.717, 1.165) is 12.8 Å². The minimum atomic E-state index is 0.0869. The van der Waals surface area contributed by atoms with Crippen LogP contribution in [0, 0.1) is 6.92 Å². The summed E-state index contributed by atoms with van der Waals surface area (Å²) in [4.78, 5) is 14.5. The highest BCUT2D eigenvalue weighted by atomic mass is 16.2. The summed E-state index contributed by atoms with van der Waals surface area (Å²) in [6.45, 7) is 3.11. The fourth-order valence-corrected chi connectivity index (χ4v) is 3.58. The zero-order valence-corrected chi connectivity index (χ0v) is 14.6. The normalized spacial score (nSPS) is 16.7. The maximum Gasteiger partial charge on any atom is 0.234 e. The first-order valence-corrected chi connectivity index (χ1v) is 8.74. The van der Waals surface area contributed by atoms with Crippen molar-refractivity contribution in [3.8, 4) is 0 Å². The number of nitrogens with zero attached hydrogens (tertiary/aromatic N) is 1. The second-order valence-electron chi connectivity index (χ2n) is 6.73. The van der Waals surface area contributed by atoms with E-state index in [4.69, 9.17) is 0 Å². The van der Waals surface area contributed by atoms with Gasteiger partial charge in [-0.05, 0) is 55.5 Å². The summed E-state index contributed by atoms with van der Waals surface area (Å²) in [6, 6.07) is 17.2. The van der Waals surface area contributed by atoms with Gasteiger partial charge in [0.15, 0.2) is 0 Å². The number of hydrogen-bond donors (Lipinski definition) is 1. The molecule has 0 fully saturated rings. The molecule has 3 heteroatoms. The van der Waals surface area contributed by atoms with Crippen LogP contribution in [0.2, 0.25) is 0 Å². The number of carbonyl (C=O) groups is 1. The van der Waals surface area contributed by atoms with Gasteiger partial charge in [-0.15, -0.1) is 0 Å². The maximum atomic E-state index is 12.3. The second kappa shape index (κ2) is 7.63. The summed E-state index contributed by atoms with van der Waals surface area (Å²) in [5.74, 6) is 0.0869. The Hall–Kier alpha value is -2.13. The SMILES string of the molecule is Cc1ccccc1CNC(=O)CN(C)[C@@H]1CCCc2ccccc21. The van der Waals surface area contributed by atoms with Crippen LogP contribution in [-0.2, 0) is 17.8 Å². The number of hydrogen-bond acceptors (Lipinski definition) is 2. The first-order chi connectivity index (χ1) is 11.6. The second-order valence-corrected chi connectivity index (χ2v) is 6.73. The van der Waals surface area contributed by atoms with E-state index >= 15 is 0 Å². The minimum Gasteiger partial charge on any atom is -0.351 e. The van der Waals surface area contributed by atoms with Crippen molar-refractivity contribution >= 4 is 5.91 Å². The first kappa shape index (κ1) is 16.7. The molecule has 0 spiro atoms. The third-order valence-electron chi connectivity index (χ3n) is 5.00. The summed E-state index contributed by atoms with van der Waals surface area (Å²) < 4.78 is 0. The van der Waals surface area contributed by atoms with Gasteiger partial charge in [-0.25, -0.2) is 0 Å². The Morgan fingerprint density at radius 3 is 2.75 bits per heavy atom. The van der Waals surface area contributed by atoms with E-state index in [2.05, 4.69) is 60.6 Å². The van der Waals surface area contributed by atoms with Crippen LogP contribution >= 0.6 is 0 Å². The molecule has 0 heterocycles. The topological polar surface area (TPSA) is 32.3 Å². The number of fused-ring (bicyclic) bond motifs is 1. The van der Waals surface area contributed by atoms with Crippen LogP contribution in [-0.4, -0.2) is 24.4 Å². The van der Waals surface area contributed by atoms with Gasteiger partial charge < -0.3 is 5.32 Å². The number of likely N-dealkylation sites (N-methyl/N-ethyl adjacent to an activating group) is 1. The number of amides is 1. The Bertz CT molecular complexity index is 710. The molecular weight excluding hydrogens is 296 g/mol. The molecule has 1 atom stereocenters. The standard InChI is InChI=1S/C21H26N2O/c1-16-8-3-4-10-18(16)14-22-21(24)15-23(2)20-13-7-11-17-9-5-6-12-19(17)20/h3-6,8-10,12,20H,7,11,13-15H2,1-2H3,(H,22,24)/t20-/m1/s1. The van der Waals surface area contributed by atoms with Crippen molar-refractivity contribution in [2.75, 3.05) is 13.6 Å². The summed E-state index contributed by atoms with van der Waals surface area (Å²) in [7, 11) is 2.06. The Balaban J connectivity index is 1.58. The molecule has 1 aliphatic carbocycles. The van der Waals surface area contributed by atoms with Crippen molar-refractivity contribution < 1.29 is 4.79 Å². The Labute approximate surface area is 144 Å². The molecule has 0 saturated heterocycles. The lowest BCUT2D eigenvalue weighted by atomic mass is 9.87. The fraction of sp³-hybridized carbons (Fsp3) is 0.381. The molecule has 0 unspecified atom stereocenters. The lowest BCUT2D eigenvalue weighted by Crippen LogP contribution is -2.38. The Morgan fingerprint density at radius 1 is 1.17 bits per heavy atom. The molecule has 1 amide bonds. The summed E-state index contributed by atoms with van der Waals surface area (Å²) in [5, 5.41) is 3.05. The zero-order chi connectivity index (χ0) is 16.9. The quantitative estimate of drug-likeness (QED) is 0.912. The van der Waals surface area contributed by atoms with Crippen molar-refractivity contribution in [2.45, 2.75) is 38.8 Å². The van der Waals surface area contributed by atoms with Gasteiger partial charge >= 0.3 is 0 Å². The van der Waals surface area contributed by atoms with Crippen LogP contribution < -0.4 is 5.32 Å². The average Bonchev–Trinajstić information content (AvgIpc) is 2.60. The number of benzene rings is 2. The van der Waals surface area contributed by atoms with Gasteiger partial charge in [0, 0.05) is 12.6 Å².